The molecule has 1 atom stereocenters. The zero-order valence-electron chi connectivity index (χ0n) is 12.8. The minimum Gasteiger partial charge on any atom is -0.376 e. The van der Waals surface area contributed by atoms with Gasteiger partial charge in [0.05, 0.1) is 22.6 Å². The zero-order valence-corrected chi connectivity index (χ0v) is 15.2. The standard InChI is InChI=1S/C15H17ClN4O2S2/c16-11-5-1-2-6-12(11)18-14-19-20-15(24-14)23-9-13(21)17-8-10-4-3-7-22-10/h1-2,5-6,10H,3-4,7-9H2,(H,17,21)(H,18,19)/t10-/m1/s1. The molecule has 1 fully saturated rings. The molecule has 0 unspecified atom stereocenters. The van der Waals surface area contributed by atoms with Crippen molar-refractivity contribution in [3.05, 3.63) is 29.3 Å². The van der Waals surface area contributed by atoms with Crippen molar-refractivity contribution in [3.63, 3.8) is 0 Å². The number of hydrogen-bond acceptors (Lipinski definition) is 7. The monoisotopic (exact) mass is 384 g/mol. The van der Waals surface area contributed by atoms with Gasteiger partial charge in [-0.3, -0.25) is 4.79 Å². The van der Waals surface area contributed by atoms with Crippen molar-refractivity contribution in [1.82, 2.24) is 15.5 Å². The summed E-state index contributed by atoms with van der Waals surface area (Å²) in [6.45, 7) is 1.37. The summed E-state index contributed by atoms with van der Waals surface area (Å²) in [6, 6.07) is 7.43. The Morgan fingerprint density at radius 1 is 1.42 bits per heavy atom. The first-order valence-corrected chi connectivity index (χ1v) is 9.75. The summed E-state index contributed by atoms with van der Waals surface area (Å²) < 4.78 is 6.21. The Balaban J connectivity index is 1.44. The third-order valence-electron chi connectivity index (χ3n) is 3.40. The highest BCUT2D eigenvalue weighted by Gasteiger charge is 2.16. The van der Waals surface area contributed by atoms with E-state index in [1.54, 1.807) is 6.07 Å². The lowest BCUT2D eigenvalue weighted by Gasteiger charge is -2.09. The van der Waals surface area contributed by atoms with Gasteiger partial charge in [0.25, 0.3) is 0 Å². The largest absolute Gasteiger partial charge is 0.376 e. The predicted molar refractivity (Wildman–Crippen MR) is 97.4 cm³/mol. The number of carbonyl (C=O) groups excluding carboxylic acids is 1. The van der Waals surface area contributed by atoms with E-state index in [1.165, 1.54) is 23.1 Å². The lowest BCUT2D eigenvalue weighted by atomic mass is 10.2. The third kappa shape index (κ3) is 5.07. The van der Waals surface area contributed by atoms with E-state index in [0.717, 1.165) is 29.5 Å². The first kappa shape index (κ1) is 17.5. The van der Waals surface area contributed by atoms with Crippen LogP contribution in [-0.2, 0) is 9.53 Å². The summed E-state index contributed by atoms with van der Waals surface area (Å²) in [5, 5.41) is 15.4. The Morgan fingerprint density at radius 2 is 2.29 bits per heavy atom. The number of benzene rings is 1. The molecule has 1 aliphatic heterocycles. The number of nitrogens with zero attached hydrogens (tertiary/aromatic N) is 2. The molecule has 0 bridgehead atoms. The molecule has 1 amide bonds. The second kappa shape index (κ2) is 8.66. The van der Waals surface area contributed by atoms with Crippen LogP contribution in [0.1, 0.15) is 12.8 Å². The van der Waals surface area contributed by atoms with Gasteiger partial charge in [-0.2, -0.15) is 0 Å². The number of amides is 1. The molecule has 2 aromatic rings. The fourth-order valence-corrected chi connectivity index (χ4v) is 3.98. The number of aromatic nitrogens is 2. The average Bonchev–Trinajstić information content (AvgIpc) is 3.25. The smallest absolute Gasteiger partial charge is 0.230 e. The lowest BCUT2D eigenvalue weighted by molar-refractivity contribution is -0.119. The predicted octanol–water partition coefficient (Wildman–Crippen LogP) is 3.32. The van der Waals surface area contributed by atoms with Crippen LogP contribution >= 0.6 is 34.7 Å². The Hall–Kier alpha value is -1.35. The maximum absolute atomic E-state index is 11.9. The van der Waals surface area contributed by atoms with Gasteiger partial charge in [-0.25, -0.2) is 0 Å². The maximum Gasteiger partial charge on any atom is 0.230 e. The molecule has 1 saturated heterocycles. The average molecular weight is 385 g/mol. The molecular formula is C15H17ClN4O2S2. The number of para-hydroxylation sites is 1. The van der Waals surface area contributed by atoms with Crippen LogP contribution in [0.2, 0.25) is 5.02 Å². The number of ether oxygens (including phenoxy) is 1. The quantitative estimate of drug-likeness (QED) is 0.713. The van der Waals surface area contributed by atoms with Crippen molar-refractivity contribution >= 4 is 51.4 Å². The van der Waals surface area contributed by atoms with Crippen molar-refractivity contribution in [2.75, 3.05) is 24.2 Å². The van der Waals surface area contributed by atoms with Crippen LogP contribution in [-0.4, -0.2) is 41.1 Å². The number of thioether (sulfide) groups is 1. The topological polar surface area (TPSA) is 76.1 Å². The van der Waals surface area contributed by atoms with Crippen LogP contribution in [0.3, 0.4) is 0 Å². The van der Waals surface area contributed by atoms with Crippen molar-refractivity contribution in [2.45, 2.75) is 23.3 Å². The molecule has 0 aliphatic carbocycles. The third-order valence-corrected chi connectivity index (χ3v) is 5.70. The van der Waals surface area contributed by atoms with Gasteiger partial charge in [0.2, 0.25) is 11.0 Å². The van der Waals surface area contributed by atoms with Gasteiger partial charge in [-0.05, 0) is 25.0 Å². The second-order valence-corrected chi connectivity index (χ2v) is 7.81. The van der Waals surface area contributed by atoms with Crippen LogP contribution in [0.5, 0.6) is 0 Å². The molecule has 0 saturated carbocycles. The van der Waals surface area contributed by atoms with Crippen LogP contribution in [0, 0.1) is 0 Å². The fourth-order valence-electron chi connectivity index (χ4n) is 2.21. The Morgan fingerprint density at radius 3 is 3.08 bits per heavy atom. The number of carbonyl (C=O) groups is 1. The molecule has 2 heterocycles. The molecule has 1 aromatic carbocycles. The number of nitrogens with one attached hydrogen (secondary N) is 2. The summed E-state index contributed by atoms with van der Waals surface area (Å²) in [7, 11) is 0. The molecule has 128 valence electrons. The van der Waals surface area contributed by atoms with E-state index in [1.807, 2.05) is 18.2 Å². The summed E-state index contributed by atoms with van der Waals surface area (Å²) in [4.78, 5) is 11.9. The number of hydrogen-bond donors (Lipinski definition) is 2. The van der Waals surface area contributed by atoms with Gasteiger partial charge in [-0.1, -0.05) is 46.8 Å². The van der Waals surface area contributed by atoms with Gasteiger partial charge in [0.1, 0.15) is 0 Å². The molecule has 0 spiro atoms. The molecule has 2 N–H and O–H groups in total. The minimum atomic E-state index is -0.0219. The molecule has 1 aromatic heterocycles. The minimum absolute atomic E-state index is 0.0219. The normalized spacial score (nSPS) is 17.0. The molecule has 0 radical (unpaired) electrons. The van der Waals surface area contributed by atoms with Crippen LogP contribution < -0.4 is 10.6 Å². The summed E-state index contributed by atoms with van der Waals surface area (Å²) in [5.74, 6) is 0.291. The van der Waals surface area contributed by atoms with Crippen LogP contribution in [0.25, 0.3) is 0 Å². The zero-order chi connectivity index (χ0) is 16.8. The molecular weight excluding hydrogens is 368 g/mol. The van der Waals surface area contributed by atoms with E-state index in [4.69, 9.17) is 16.3 Å². The van der Waals surface area contributed by atoms with Crippen LogP contribution in [0.4, 0.5) is 10.8 Å². The van der Waals surface area contributed by atoms with Crippen molar-refractivity contribution in [3.8, 4) is 0 Å². The van der Waals surface area contributed by atoms with E-state index in [-0.39, 0.29) is 12.0 Å². The molecule has 3 rings (SSSR count). The molecule has 9 heteroatoms. The Kier molecular flexibility index (Phi) is 6.30. The summed E-state index contributed by atoms with van der Waals surface area (Å²) >= 11 is 8.85. The summed E-state index contributed by atoms with van der Waals surface area (Å²) in [6.07, 6.45) is 2.24. The molecule has 6 nitrogen and oxygen atoms in total. The Labute approximate surface area is 153 Å². The number of rotatable bonds is 7. The second-order valence-electron chi connectivity index (χ2n) is 5.21. The maximum atomic E-state index is 11.9. The van der Waals surface area contributed by atoms with Gasteiger partial charge in [0, 0.05) is 13.2 Å². The van der Waals surface area contributed by atoms with Crippen LogP contribution in [0.15, 0.2) is 28.6 Å². The van der Waals surface area contributed by atoms with Crippen molar-refractivity contribution in [2.24, 2.45) is 0 Å². The SMILES string of the molecule is O=C(CSc1nnc(Nc2ccccc2Cl)s1)NC[C@H]1CCCO1. The first-order valence-electron chi connectivity index (χ1n) is 7.57. The molecule has 24 heavy (non-hydrogen) atoms. The highest BCUT2D eigenvalue weighted by molar-refractivity contribution is 8.01. The highest BCUT2D eigenvalue weighted by atomic mass is 35.5. The fraction of sp³-hybridized carbons (Fsp3) is 0.400. The molecule has 1 aliphatic rings. The summed E-state index contributed by atoms with van der Waals surface area (Å²) in [5.41, 5.74) is 0.779. The highest BCUT2D eigenvalue weighted by Crippen LogP contribution is 2.30. The number of halogens is 1. The number of anilines is 2. The van der Waals surface area contributed by atoms with E-state index in [0.29, 0.717) is 22.5 Å². The first-order chi connectivity index (χ1) is 11.7. The van der Waals surface area contributed by atoms with Gasteiger partial charge in [-0.15, -0.1) is 10.2 Å². The Bertz CT molecular complexity index is 692. The van der Waals surface area contributed by atoms with Crippen molar-refractivity contribution in [1.29, 1.82) is 0 Å². The van der Waals surface area contributed by atoms with Gasteiger partial charge >= 0.3 is 0 Å². The van der Waals surface area contributed by atoms with E-state index in [9.17, 15) is 4.79 Å². The van der Waals surface area contributed by atoms with E-state index >= 15 is 0 Å². The van der Waals surface area contributed by atoms with Gasteiger partial charge in [0.15, 0.2) is 4.34 Å². The van der Waals surface area contributed by atoms with E-state index in [2.05, 4.69) is 20.8 Å². The van der Waals surface area contributed by atoms with Gasteiger partial charge < -0.3 is 15.4 Å². The lowest BCUT2D eigenvalue weighted by Crippen LogP contribution is -2.32. The van der Waals surface area contributed by atoms with Crippen molar-refractivity contribution < 1.29 is 9.53 Å². The van der Waals surface area contributed by atoms with E-state index < -0.39 is 0 Å².